The maximum atomic E-state index is 8.30. The number of hydrogen-bond donors (Lipinski definition) is 0. The fourth-order valence-electron chi connectivity index (χ4n) is 4.81. The Morgan fingerprint density at radius 2 is 0.788 bits per heavy atom. The normalized spacial score (nSPS) is 12.6. The first-order valence-electron chi connectivity index (χ1n) is 11.2. The van der Waals surface area contributed by atoms with E-state index >= 15 is 0 Å². The van der Waals surface area contributed by atoms with E-state index in [0.29, 0.717) is 0 Å². The Labute approximate surface area is 201 Å². The summed E-state index contributed by atoms with van der Waals surface area (Å²) in [5.41, 5.74) is 3.70. The molecule has 0 aromatic heterocycles. The van der Waals surface area contributed by atoms with Gasteiger partial charge in [-0.15, -0.1) is 0 Å². The maximum absolute atomic E-state index is 8.30. The Kier molecular flexibility index (Phi) is 5.90. The molecular weight excluding hydrogens is 439 g/mol. The second-order valence-corrected chi connectivity index (χ2v) is 14.8. The second kappa shape index (κ2) is 8.99. The molecule has 0 saturated carbocycles. The van der Waals surface area contributed by atoms with E-state index < -0.39 is 5.96 Å². The molecular formula is C31H26ClP. The van der Waals surface area contributed by atoms with Crippen molar-refractivity contribution in [3.05, 3.63) is 151 Å². The summed E-state index contributed by atoms with van der Waals surface area (Å²) in [5.74, 6) is -3.38. The zero-order valence-electron chi connectivity index (χ0n) is 18.4. The molecule has 0 aliphatic carbocycles. The van der Waals surface area contributed by atoms with Crippen LogP contribution in [-0.4, -0.2) is 0 Å². The quantitative estimate of drug-likeness (QED) is 0.228. The van der Waals surface area contributed by atoms with E-state index in [-0.39, 0.29) is 0 Å². The van der Waals surface area contributed by atoms with Gasteiger partial charge in [-0.25, -0.2) is 0 Å². The van der Waals surface area contributed by atoms with Crippen LogP contribution >= 0.6 is 17.2 Å². The molecule has 0 fully saturated rings. The van der Waals surface area contributed by atoms with E-state index in [0.717, 1.165) is 6.16 Å². The van der Waals surface area contributed by atoms with Gasteiger partial charge in [0.1, 0.15) is 0 Å². The van der Waals surface area contributed by atoms with Crippen LogP contribution in [0, 0.1) is 0 Å². The Bertz CT molecular complexity index is 1230. The van der Waals surface area contributed by atoms with Crippen LogP contribution in [0.4, 0.5) is 0 Å². The predicted octanol–water partition coefficient (Wildman–Crippen LogP) is 7.54. The molecule has 0 aliphatic heterocycles. The van der Waals surface area contributed by atoms with E-state index in [4.69, 9.17) is 11.2 Å². The molecule has 0 saturated heterocycles. The van der Waals surface area contributed by atoms with Gasteiger partial charge in [0, 0.05) is 0 Å². The molecule has 0 bridgehead atoms. The molecule has 0 nitrogen and oxygen atoms in total. The first-order valence-corrected chi connectivity index (χ1v) is 14.6. The first kappa shape index (κ1) is 21.7. The van der Waals surface area contributed by atoms with Crippen molar-refractivity contribution in [3.63, 3.8) is 0 Å². The number of rotatable bonds is 6. The molecule has 0 heterocycles. The Hall–Kier alpha value is -3.18. The van der Waals surface area contributed by atoms with Crippen LogP contribution in [0.25, 0.3) is 11.1 Å². The van der Waals surface area contributed by atoms with Crippen molar-refractivity contribution in [2.24, 2.45) is 0 Å². The summed E-state index contributed by atoms with van der Waals surface area (Å²) in [5, 5.41) is 3.56. The third-order valence-electron chi connectivity index (χ3n) is 6.45. The van der Waals surface area contributed by atoms with Gasteiger partial charge in [0.15, 0.2) is 0 Å². The predicted molar refractivity (Wildman–Crippen MR) is 147 cm³/mol. The molecule has 0 amide bonds. The molecule has 162 valence electrons. The molecule has 0 radical (unpaired) electrons. The summed E-state index contributed by atoms with van der Waals surface area (Å²) < 4.78 is 0. The van der Waals surface area contributed by atoms with Crippen LogP contribution in [-0.2, 0) is 6.16 Å². The Morgan fingerprint density at radius 3 is 1.24 bits per heavy atom. The van der Waals surface area contributed by atoms with Gasteiger partial charge in [-0.1, -0.05) is 0 Å². The van der Waals surface area contributed by atoms with Crippen molar-refractivity contribution in [2.75, 3.05) is 0 Å². The number of benzene rings is 5. The van der Waals surface area contributed by atoms with E-state index in [1.807, 2.05) is 0 Å². The Balaban J connectivity index is 1.84. The summed E-state index contributed by atoms with van der Waals surface area (Å²) in [6.45, 7) is 0. The topological polar surface area (TPSA) is 0 Å². The van der Waals surface area contributed by atoms with Crippen LogP contribution in [0.15, 0.2) is 146 Å². The first-order chi connectivity index (χ1) is 16.2. The molecule has 5 aromatic carbocycles. The van der Waals surface area contributed by atoms with Crippen molar-refractivity contribution in [2.45, 2.75) is 6.16 Å². The zero-order valence-corrected chi connectivity index (χ0v) is 20.0. The summed E-state index contributed by atoms with van der Waals surface area (Å²) in [6.07, 6.45) is 0.732. The third kappa shape index (κ3) is 3.80. The van der Waals surface area contributed by atoms with Gasteiger partial charge < -0.3 is 0 Å². The van der Waals surface area contributed by atoms with Gasteiger partial charge in [-0.2, -0.15) is 0 Å². The van der Waals surface area contributed by atoms with Crippen LogP contribution in [0.1, 0.15) is 5.56 Å². The van der Waals surface area contributed by atoms with Gasteiger partial charge in [-0.05, 0) is 0 Å². The standard InChI is InChI=1S/C31H26ClP/c32-33(28-18-7-2-8-19-28,29-20-9-3-10-21-29,30-22-11-4-12-23-30)25-27-17-13-14-24-31(27)26-15-5-1-6-16-26/h1-24H,25H2. The molecule has 0 atom stereocenters. The Morgan fingerprint density at radius 1 is 0.424 bits per heavy atom. The van der Waals surface area contributed by atoms with Gasteiger partial charge in [0.05, 0.1) is 0 Å². The van der Waals surface area contributed by atoms with Crippen LogP contribution in [0.2, 0.25) is 0 Å². The molecule has 0 aliphatic rings. The van der Waals surface area contributed by atoms with E-state index in [9.17, 15) is 0 Å². The minimum absolute atomic E-state index is 0.732. The van der Waals surface area contributed by atoms with Crippen molar-refractivity contribution in [3.8, 4) is 11.1 Å². The van der Waals surface area contributed by atoms with Crippen LogP contribution < -0.4 is 15.9 Å². The van der Waals surface area contributed by atoms with E-state index in [2.05, 4.69) is 146 Å². The van der Waals surface area contributed by atoms with Crippen LogP contribution in [0.3, 0.4) is 0 Å². The average molecular weight is 465 g/mol. The molecule has 5 aromatic rings. The van der Waals surface area contributed by atoms with Gasteiger partial charge in [-0.3, -0.25) is 0 Å². The fourth-order valence-corrected chi connectivity index (χ4v) is 11.0. The molecule has 33 heavy (non-hydrogen) atoms. The SMILES string of the molecule is ClP(Cc1ccccc1-c1ccccc1)(c1ccccc1)(c1ccccc1)c1ccccc1. The molecule has 0 unspecified atom stereocenters. The number of hydrogen-bond acceptors (Lipinski definition) is 0. The van der Waals surface area contributed by atoms with Crippen LogP contribution in [0.5, 0.6) is 0 Å². The molecule has 2 heteroatoms. The van der Waals surface area contributed by atoms with Crippen molar-refractivity contribution >= 4 is 33.1 Å². The average Bonchev–Trinajstić information content (AvgIpc) is 2.91. The molecule has 0 N–H and O–H groups in total. The third-order valence-corrected chi connectivity index (χ3v) is 13.6. The van der Waals surface area contributed by atoms with Gasteiger partial charge in [0.2, 0.25) is 0 Å². The van der Waals surface area contributed by atoms with Crippen molar-refractivity contribution in [1.29, 1.82) is 0 Å². The van der Waals surface area contributed by atoms with Crippen molar-refractivity contribution < 1.29 is 0 Å². The monoisotopic (exact) mass is 464 g/mol. The summed E-state index contributed by atoms with van der Waals surface area (Å²) >= 11 is 8.30. The number of halogens is 1. The van der Waals surface area contributed by atoms with Gasteiger partial charge >= 0.3 is 202 Å². The fraction of sp³-hybridized carbons (Fsp3) is 0.0323. The van der Waals surface area contributed by atoms with Crippen molar-refractivity contribution in [1.82, 2.24) is 0 Å². The minimum atomic E-state index is -3.38. The molecule has 5 rings (SSSR count). The van der Waals surface area contributed by atoms with E-state index in [1.54, 1.807) is 0 Å². The summed E-state index contributed by atoms with van der Waals surface area (Å²) in [7, 11) is 0. The zero-order chi connectivity index (χ0) is 22.6. The summed E-state index contributed by atoms with van der Waals surface area (Å²) in [6, 6.07) is 51.3. The second-order valence-electron chi connectivity index (χ2n) is 8.37. The van der Waals surface area contributed by atoms with Gasteiger partial charge in [0.25, 0.3) is 0 Å². The molecule has 0 spiro atoms. The summed E-state index contributed by atoms with van der Waals surface area (Å²) in [4.78, 5) is 0. The van der Waals surface area contributed by atoms with E-state index in [1.165, 1.54) is 32.6 Å².